The van der Waals surface area contributed by atoms with E-state index in [1.807, 2.05) is 51.2 Å². The first-order valence-corrected chi connectivity index (χ1v) is 20.8. The highest BCUT2D eigenvalue weighted by atomic mass is 28.4. The number of methoxy groups -OCH3 is 2. The number of fused-ring (bicyclic) bond motifs is 1. The summed E-state index contributed by atoms with van der Waals surface area (Å²) in [5.41, 5.74) is 5.75. The van der Waals surface area contributed by atoms with Crippen LogP contribution in [0.15, 0.2) is 60.9 Å². The molecule has 1 fully saturated rings. The van der Waals surface area contributed by atoms with Crippen LogP contribution in [0.3, 0.4) is 0 Å². The van der Waals surface area contributed by atoms with Gasteiger partial charge >= 0.3 is 6.09 Å². The maximum absolute atomic E-state index is 12.5. The number of anilines is 2. The quantitative estimate of drug-likeness (QED) is 0.111. The first-order chi connectivity index (χ1) is 24.1. The summed E-state index contributed by atoms with van der Waals surface area (Å²) < 4.78 is 23.3. The Morgan fingerprint density at radius 3 is 2.14 bits per heavy atom. The topological polar surface area (TPSA) is 99.1 Å². The predicted molar refractivity (Wildman–Crippen MR) is 207 cm³/mol. The van der Waals surface area contributed by atoms with Gasteiger partial charge in [-0.2, -0.15) is 0 Å². The SMILES string of the molecule is COc1cc(OC)cc(N(CCCO[Si](C)(C)C(C)(C)C)c2ccc3ncc(-c4ccc(C5CCN(C(=O)OC(C)(C)C)CC5)nc4)nc3c2)c1. The zero-order chi connectivity index (χ0) is 37.0. The van der Waals surface area contributed by atoms with Crippen molar-refractivity contribution < 1.29 is 23.4 Å². The number of hydrogen-bond acceptors (Lipinski definition) is 9. The Morgan fingerprint density at radius 2 is 1.55 bits per heavy atom. The Kier molecular flexibility index (Phi) is 11.6. The van der Waals surface area contributed by atoms with Crippen molar-refractivity contribution in [3.8, 4) is 22.8 Å². The molecule has 0 saturated carbocycles. The van der Waals surface area contributed by atoms with Crippen LogP contribution in [0.4, 0.5) is 16.2 Å². The molecule has 1 saturated heterocycles. The molecule has 274 valence electrons. The lowest BCUT2D eigenvalue weighted by molar-refractivity contribution is 0.0204. The molecule has 1 aliphatic heterocycles. The number of piperidine rings is 1. The van der Waals surface area contributed by atoms with Crippen LogP contribution >= 0.6 is 0 Å². The van der Waals surface area contributed by atoms with Gasteiger partial charge in [0, 0.05) is 79.2 Å². The number of nitrogens with zero attached hydrogens (tertiary/aromatic N) is 5. The molecule has 51 heavy (non-hydrogen) atoms. The number of pyridine rings is 1. The molecule has 4 aromatic rings. The van der Waals surface area contributed by atoms with E-state index in [0.717, 1.165) is 76.7 Å². The third kappa shape index (κ3) is 9.56. The fourth-order valence-electron chi connectivity index (χ4n) is 5.91. The van der Waals surface area contributed by atoms with Gasteiger partial charge in [-0.25, -0.2) is 9.78 Å². The predicted octanol–water partition coefficient (Wildman–Crippen LogP) is 9.37. The molecule has 2 aromatic carbocycles. The van der Waals surface area contributed by atoms with E-state index in [0.29, 0.717) is 19.7 Å². The summed E-state index contributed by atoms with van der Waals surface area (Å²) in [6, 6.07) is 16.3. The van der Waals surface area contributed by atoms with Gasteiger partial charge in [0.15, 0.2) is 8.32 Å². The average Bonchev–Trinajstić information content (AvgIpc) is 3.09. The van der Waals surface area contributed by atoms with E-state index in [4.69, 9.17) is 33.6 Å². The molecule has 0 radical (unpaired) electrons. The van der Waals surface area contributed by atoms with Gasteiger partial charge in [-0.15, -0.1) is 0 Å². The first-order valence-electron chi connectivity index (χ1n) is 17.9. The molecular weight excluding hydrogens is 659 g/mol. The second-order valence-corrected chi connectivity index (χ2v) is 20.6. The molecule has 0 bridgehead atoms. The van der Waals surface area contributed by atoms with E-state index in [1.54, 1.807) is 25.3 Å². The van der Waals surface area contributed by atoms with Gasteiger partial charge in [0.25, 0.3) is 0 Å². The summed E-state index contributed by atoms with van der Waals surface area (Å²) in [6.07, 6.45) is 5.98. The largest absolute Gasteiger partial charge is 0.497 e. The van der Waals surface area contributed by atoms with Gasteiger partial charge in [0.1, 0.15) is 17.1 Å². The minimum atomic E-state index is -1.87. The van der Waals surface area contributed by atoms with Gasteiger partial charge in [0.05, 0.1) is 37.1 Å². The zero-order valence-electron chi connectivity index (χ0n) is 32.1. The lowest BCUT2D eigenvalue weighted by Crippen LogP contribution is -2.41. The molecule has 10 nitrogen and oxygen atoms in total. The molecule has 0 N–H and O–H groups in total. The standard InChI is InChI=1S/C40H55N5O5Si/c1-39(2,3)50-38(46)44-19-16-28(17-20-44)34-14-12-29(26-41-34)37-27-42-35-15-13-30(24-36(35)43-37)45(18-11-21-49-51(9,10)40(4,5)6)31-22-32(47-7)25-33(23-31)48-8/h12-15,22-28H,11,16-21H2,1-10H3. The summed E-state index contributed by atoms with van der Waals surface area (Å²) >= 11 is 0. The minimum Gasteiger partial charge on any atom is -0.497 e. The number of hydrogen-bond donors (Lipinski definition) is 0. The van der Waals surface area contributed by atoms with Crippen LogP contribution in [-0.4, -0.2) is 80.3 Å². The Morgan fingerprint density at radius 1 is 0.863 bits per heavy atom. The fraction of sp³-hybridized carbons (Fsp3) is 0.500. The summed E-state index contributed by atoms with van der Waals surface area (Å²) in [5.74, 6) is 1.73. The Hall–Kier alpha value is -4.22. The van der Waals surface area contributed by atoms with Crippen molar-refractivity contribution in [3.63, 3.8) is 0 Å². The number of rotatable bonds is 11. The lowest BCUT2D eigenvalue weighted by Gasteiger charge is -2.36. The number of benzene rings is 2. The summed E-state index contributed by atoms with van der Waals surface area (Å²) in [4.78, 5) is 31.2. The first kappa shape index (κ1) is 38.0. The van der Waals surface area contributed by atoms with Crippen LogP contribution in [-0.2, 0) is 9.16 Å². The summed E-state index contributed by atoms with van der Waals surface area (Å²) in [7, 11) is 1.46. The van der Waals surface area contributed by atoms with E-state index in [1.165, 1.54) is 0 Å². The van der Waals surface area contributed by atoms with Crippen molar-refractivity contribution in [2.24, 2.45) is 0 Å². The number of ether oxygens (including phenoxy) is 3. The monoisotopic (exact) mass is 713 g/mol. The lowest BCUT2D eigenvalue weighted by atomic mass is 9.93. The second kappa shape index (κ2) is 15.6. The highest BCUT2D eigenvalue weighted by Crippen LogP contribution is 2.38. The molecule has 0 aliphatic carbocycles. The van der Waals surface area contributed by atoms with E-state index in [-0.39, 0.29) is 17.0 Å². The van der Waals surface area contributed by atoms with Gasteiger partial charge < -0.3 is 28.4 Å². The molecule has 0 atom stereocenters. The molecule has 2 aromatic heterocycles. The van der Waals surface area contributed by atoms with Crippen molar-refractivity contribution in [1.82, 2.24) is 19.9 Å². The van der Waals surface area contributed by atoms with Crippen LogP contribution in [0, 0.1) is 0 Å². The van der Waals surface area contributed by atoms with Crippen molar-refractivity contribution in [2.45, 2.75) is 90.5 Å². The molecule has 3 heterocycles. The fourth-order valence-corrected chi connectivity index (χ4v) is 7.00. The normalized spacial score (nSPS) is 14.4. The molecular formula is C40H55N5O5Si. The Balaban J connectivity index is 1.35. The molecule has 0 spiro atoms. The Bertz CT molecular complexity index is 1770. The van der Waals surface area contributed by atoms with E-state index < -0.39 is 13.9 Å². The smallest absolute Gasteiger partial charge is 0.410 e. The van der Waals surface area contributed by atoms with E-state index in [2.05, 4.69) is 63.0 Å². The van der Waals surface area contributed by atoms with Crippen LogP contribution < -0.4 is 14.4 Å². The number of carbonyl (C=O) groups is 1. The summed E-state index contributed by atoms with van der Waals surface area (Å²) in [5, 5.41) is 0.151. The average molecular weight is 714 g/mol. The number of carbonyl (C=O) groups excluding carboxylic acids is 1. The van der Waals surface area contributed by atoms with Crippen molar-refractivity contribution in [3.05, 3.63) is 66.6 Å². The highest BCUT2D eigenvalue weighted by Gasteiger charge is 2.37. The van der Waals surface area contributed by atoms with Crippen LogP contribution in [0.2, 0.25) is 18.1 Å². The van der Waals surface area contributed by atoms with Gasteiger partial charge in [0.2, 0.25) is 0 Å². The molecule has 1 amide bonds. The molecule has 11 heteroatoms. The molecule has 0 unspecified atom stereocenters. The highest BCUT2D eigenvalue weighted by molar-refractivity contribution is 6.74. The second-order valence-electron chi connectivity index (χ2n) is 15.8. The number of amides is 1. The number of likely N-dealkylation sites (tertiary alicyclic amines) is 1. The number of aromatic nitrogens is 3. The molecule has 5 rings (SSSR count). The van der Waals surface area contributed by atoms with Crippen LogP contribution in [0.25, 0.3) is 22.3 Å². The van der Waals surface area contributed by atoms with Crippen molar-refractivity contribution in [2.75, 3.05) is 45.4 Å². The van der Waals surface area contributed by atoms with Crippen LogP contribution in [0.1, 0.15) is 72.4 Å². The van der Waals surface area contributed by atoms with Gasteiger partial charge in [-0.3, -0.25) is 9.97 Å². The van der Waals surface area contributed by atoms with Crippen LogP contribution in [0.5, 0.6) is 11.5 Å². The maximum atomic E-state index is 12.5. The minimum absolute atomic E-state index is 0.151. The Labute approximate surface area is 304 Å². The zero-order valence-corrected chi connectivity index (χ0v) is 33.1. The van der Waals surface area contributed by atoms with Crippen molar-refractivity contribution in [1.29, 1.82) is 0 Å². The maximum Gasteiger partial charge on any atom is 0.410 e. The third-order valence-corrected chi connectivity index (χ3v) is 14.5. The van der Waals surface area contributed by atoms with Gasteiger partial charge in [-0.05, 0) is 88.5 Å². The van der Waals surface area contributed by atoms with E-state index >= 15 is 0 Å². The van der Waals surface area contributed by atoms with Crippen molar-refractivity contribution >= 4 is 36.8 Å². The van der Waals surface area contributed by atoms with Gasteiger partial charge in [-0.1, -0.05) is 20.8 Å². The summed E-state index contributed by atoms with van der Waals surface area (Å²) in [6.45, 7) is 19.8. The van der Waals surface area contributed by atoms with E-state index in [9.17, 15) is 4.79 Å². The molecule has 1 aliphatic rings. The third-order valence-electron chi connectivity index (χ3n) is 9.93.